The van der Waals surface area contributed by atoms with Gasteiger partial charge in [0.1, 0.15) is 11.4 Å². The second-order valence-electron chi connectivity index (χ2n) is 8.00. The summed E-state index contributed by atoms with van der Waals surface area (Å²) in [6, 6.07) is 12.6. The number of rotatable bonds is 7. The van der Waals surface area contributed by atoms with Crippen molar-refractivity contribution in [3.8, 4) is 28.5 Å². The van der Waals surface area contributed by atoms with Crippen LogP contribution in [0.1, 0.15) is 48.4 Å². The van der Waals surface area contributed by atoms with E-state index in [9.17, 15) is 9.90 Å². The van der Waals surface area contributed by atoms with Crippen molar-refractivity contribution in [2.75, 3.05) is 20.3 Å². The molecule has 0 radical (unpaired) electrons. The molecular weight excluding hydrogens is 394 g/mol. The molecule has 1 aromatic heterocycles. The summed E-state index contributed by atoms with van der Waals surface area (Å²) in [4.78, 5) is 15.2. The number of carbonyl (C=O) groups excluding carboxylic acids is 1. The summed E-state index contributed by atoms with van der Waals surface area (Å²) >= 11 is 0. The van der Waals surface area contributed by atoms with Crippen molar-refractivity contribution in [1.29, 1.82) is 0 Å². The Kier molecular flexibility index (Phi) is 5.59. The highest BCUT2D eigenvalue weighted by Gasteiger charge is 2.42. The standard InChI is InChI=1S/C24H27N3O4/c1-5-31-19-12-16(8-11-18(19)28)23-20-21(15-6-9-17(30-4)10-7-15)25-26-22(20)24(29)27(23)13-14(2)3/h6-12,14,23,28H,5,13H2,1-4H3,(H,25,26). The molecule has 0 saturated heterocycles. The molecule has 0 fully saturated rings. The summed E-state index contributed by atoms with van der Waals surface area (Å²) in [7, 11) is 1.63. The van der Waals surface area contributed by atoms with Gasteiger partial charge in [-0.3, -0.25) is 9.89 Å². The molecule has 7 nitrogen and oxygen atoms in total. The van der Waals surface area contributed by atoms with Gasteiger partial charge in [0.05, 0.1) is 25.5 Å². The predicted octanol–water partition coefficient (Wildman–Crippen LogP) is 4.39. The fourth-order valence-corrected chi connectivity index (χ4v) is 4.07. The fraction of sp³-hybridized carbons (Fsp3) is 0.333. The van der Waals surface area contributed by atoms with Gasteiger partial charge in [-0.25, -0.2) is 0 Å². The van der Waals surface area contributed by atoms with Crippen LogP contribution in [0.3, 0.4) is 0 Å². The van der Waals surface area contributed by atoms with E-state index in [1.165, 1.54) is 0 Å². The Labute approximate surface area is 181 Å². The van der Waals surface area contributed by atoms with E-state index in [4.69, 9.17) is 9.47 Å². The van der Waals surface area contributed by atoms with Gasteiger partial charge in [-0.1, -0.05) is 19.9 Å². The molecule has 7 heteroatoms. The van der Waals surface area contributed by atoms with Crippen LogP contribution in [0.5, 0.6) is 17.2 Å². The summed E-state index contributed by atoms with van der Waals surface area (Å²) in [6.07, 6.45) is 0. The zero-order valence-electron chi connectivity index (χ0n) is 18.2. The molecule has 2 aromatic carbocycles. The van der Waals surface area contributed by atoms with Crippen LogP contribution in [-0.4, -0.2) is 46.4 Å². The SMILES string of the molecule is CCOc1cc(C2c3c(-c4ccc(OC)cc4)n[nH]c3C(=O)N2CC(C)C)ccc1O. The number of aromatic hydroxyl groups is 1. The summed E-state index contributed by atoms with van der Waals surface area (Å²) in [6.45, 7) is 7.07. The lowest BCUT2D eigenvalue weighted by Crippen LogP contribution is -2.32. The number of carbonyl (C=O) groups is 1. The van der Waals surface area contributed by atoms with Gasteiger partial charge in [-0.2, -0.15) is 5.10 Å². The highest BCUT2D eigenvalue weighted by Crippen LogP contribution is 2.44. The molecule has 0 spiro atoms. The van der Waals surface area contributed by atoms with E-state index in [0.29, 0.717) is 24.6 Å². The largest absolute Gasteiger partial charge is 0.504 e. The first-order valence-electron chi connectivity index (χ1n) is 10.4. The number of methoxy groups -OCH3 is 1. The number of amides is 1. The first-order chi connectivity index (χ1) is 14.9. The molecular formula is C24H27N3O4. The summed E-state index contributed by atoms with van der Waals surface area (Å²) in [5.41, 5.74) is 3.83. The number of phenolic OH excluding ortho intramolecular Hbond substituents is 1. The van der Waals surface area contributed by atoms with Crippen LogP contribution < -0.4 is 9.47 Å². The number of nitrogens with zero attached hydrogens (tertiary/aromatic N) is 2. The number of nitrogens with one attached hydrogen (secondary N) is 1. The molecule has 3 aromatic rings. The van der Waals surface area contributed by atoms with Crippen molar-refractivity contribution in [2.45, 2.75) is 26.8 Å². The number of aromatic amines is 1. The number of hydrogen-bond donors (Lipinski definition) is 2. The molecule has 2 N–H and O–H groups in total. The van der Waals surface area contributed by atoms with Crippen LogP contribution >= 0.6 is 0 Å². The molecule has 1 unspecified atom stereocenters. The zero-order chi connectivity index (χ0) is 22.1. The Morgan fingerprint density at radius 1 is 1.19 bits per heavy atom. The lowest BCUT2D eigenvalue weighted by molar-refractivity contribution is 0.0722. The smallest absolute Gasteiger partial charge is 0.273 e. The highest BCUT2D eigenvalue weighted by molar-refractivity contribution is 6.00. The average Bonchev–Trinajstić information content (AvgIpc) is 3.29. The van der Waals surface area contributed by atoms with Gasteiger partial charge in [0.25, 0.3) is 5.91 Å². The Morgan fingerprint density at radius 3 is 2.58 bits per heavy atom. The first kappa shape index (κ1) is 20.8. The maximum atomic E-state index is 13.3. The maximum Gasteiger partial charge on any atom is 0.273 e. The summed E-state index contributed by atoms with van der Waals surface area (Å²) in [5.74, 6) is 1.45. The van der Waals surface area contributed by atoms with Crippen LogP contribution in [0, 0.1) is 5.92 Å². The second-order valence-corrected chi connectivity index (χ2v) is 8.00. The maximum absolute atomic E-state index is 13.3. The van der Waals surface area contributed by atoms with Gasteiger partial charge in [-0.05, 0) is 54.8 Å². The molecule has 162 valence electrons. The molecule has 0 aliphatic carbocycles. The van der Waals surface area contributed by atoms with E-state index >= 15 is 0 Å². The Bertz CT molecular complexity index is 1090. The van der Waals surface area contributed by atoms with Gasteiger partial charge < -0.3 is 19.5 Å². The van der Waals surface area contributed by atoms with Gasteiger partial charge in [0.2, 0.25) is 0 Å². The van der Waals surface area contributed by atoms with E-state index in [-0.39, 0.29) is 23.6 Å². The van der Waals surface area contributed by atoms with Crippen molar-refractivity contribution in [3.63, 3.8) is 0 Å². The number of phenols is 1. The Balaban J connectivity index is 1.86. The topological polar surface area (TPSA) is 87.7 Å². The number of H-pyrrole nitrogens is 1. The van der Waals surface area contributed by atoms with Gasteiger partial charge >= 0.3 is 0 Å². The van der Waals surface area contributed by atoms with E-state index in [0.717, 1.165) is 28.1 Å². The second kappa shape index (κ2) is 8.34. The summed E-state index contributed by atoms with van der Waals surface area (Å²) < 4.78 is 10.9. The predicted molar refractivity (Wildman–Crippen MR) is 118 cm³/mol. The van der Waals surface area contributed by atoms with E-state index in [1.54, 1.807) is 13.2 Å². The number of aromatic nitrogens is 2. The molecule has 4 rings (SSSR count). The molecule has 0 bridgehead atoms. The third kappa shape index (κ3) is 3.71. The first-order valence-corrected chi connectivity index (χ1v) is 10.4. The number of hydrogen-bond acceptors (Lipinski definition) is 5. The van der Waals surface area contributed by atoms with E-state index in [1.807, 2.05) is 48.2 Å². The van der Waals surface area contributed by atoms with Crippen LogP contribution in [0.15, 0.2) is 42.5 Å². The normalized spacial score (nSPS) is 15.5. The fourth-order valence-electron chi connectivity index (χ4n) is 4.07. The van der Waals surface area contributed by atoms with E-state index < -0.39 is 0 Å². The third-order valence-electron chi connectivity index (χ3n) is 5.39. The van der Waals surface area contributed by atoms with Crippen LogP contribution in [0.25, 0.3) is 11.3 Å². The Hall–Kier alpha value is -3.48. The lowest BCUT2D eigenvalue weighted by atomic mass is 9.95. The van der Waals surface area contributed by atoms with Crippen molar-refractivity contribution in [2.24, 2.45) is 5.92 Å². The molecule has 2 heterocycles. The third-order valence-corrected chi connectivity index (χ3v) is 5.39. The minimum atomic E-state index is -0.333. The molecule has 1 aliphatic heterocycles. The number of ether oxygens (including phenoxy) is 2. The monoisotopic (exact) mass is 421 g/mol. The number of fused-ring (bicyclic) bond motifs is 1. The number of benzene rings is 2. The molecule has 1 aliphatic rings. The van der Waals surface area contributed by atoms with Crippen LogP contribution in [0.4, 0.5) is 0 Å². The molecule has 1 atom stereocenters. The molecule has 0 saturated carbocycles. The molecule has 31 heavy (non-hydrogen) atoms. The van der Waals surface area contributed by atoms with Crippen molar-refractivity contribution in [3.05, 3.63) is 59.3 Å². The van der Waals surface area contributed by atoms with Gasteiger partial charge in [0.15, 0.2) is 11.5 Å². The van der Waals surface area contributed by atoms with Crippen molar-refractivity contribution < 1.29 is 19.4 Å². The van der Waals surface area contributed by atoms with Gasteiger partial charge in [0, 0.05) is 17.7 Å². The minimum Gasteiger partial charge on any atom is -0.504 e. The van der Waals surface area contributed by atoms with Crippen molar-refractivity contribution in [1.82, 2.24) is 15.1 Å². The van der Waals surface area contributed by atoms with Gasteiger partial charge in [-0.15, -0.1) is 0 Å². The quantitative estimate of drug-likeness (QED) is 0.591. The Morgan fingerprint density at radius 2 is 1.94 bits per heavy atom. The van der Waals surface area contributed by atoms with Crippen molar-refractivity contribution >= 4 is 5.91 Å². The zero-order valence-corrected chi connectivity index (χ0v) is 18.2. The highest BCUT2D eigenvalue weighted by atomic mass is 16.5. The van der Waals surface area contributed by atoms with Crippen LogP contribution in [0.2, 0.25) is 0 Å². The van der Waals surface area contributed by atoms with Crippen LogP contribution in [-0.2, 0) is 0 Å². The minimum absolute atomic E-state index is 0.0769. The lowest BCUT2D eigenvalue weighted by Gasteiger charge is -2.28. The average molecular weight is 421 g/mol. The van der Waals surface area contributed by atoms with E-state index in [2.05, 4.69) is 24.0 Å². The summed E-state index contributed by atoms with van der Waals surface area (Å²) in [5, 5.41) is 17.6. The molecule has 1 amide bonds.